The number of aryl methyl sites for hydroxylation is 3. The lowest BCUT2D eigenvalue weighted by Crippen LogP contribution is -2.13. The Morgan fingerprint density at radius 1 is 1.03 bits per heavy atom. The van der Waals surface area contributed by atoms with Crippen molar-refractivity contribution in [1.82, 2.24) is 14.8 Å². The maximum Gasteiger partial charge on any atom is 0.224 e. The molecule has 0 bridgehead atoms. The van der Waals surface area contributed by atoms with Crippen molar-refractivity contribution in [3.8, 4) is 0 Å². The van der Waals surface area contributed by atoms with Crippen LogP contribution >= 0.6 is 0 Å². The van der Waals surface area contributed by atoms with Gasteiger partial charge in [-0.2, -0.15) is 5.10 Å². The van der Waals surface area contributed by atoms with E-state index < -0.39 is 0 Å². The van der Waals surface area contributed by atoms with E-state index in [4.69, 9.17) is 0 Å². The normalized spacial score (nSPS) is 11.2. The highest BCUT2D eigenvalue weighted by Gasteiger charge is 2.15. The number of nitrogens with zero attached hydrogens (tertiary/aromatic N) is 2. The number of hydrogen-bond acceptors (Lipinski definition) is 2. The van der Waals surface area contributed by atoms with Gasteiger partial charge in [0.1, 0.15) is 0 Å². The van der Waals surface area contributed by atoms with Gasteiger partial charge in [0.2, 0.25) is 5.91 Å². The predicted molar refractivity (Wildman–Crippen MR) is 122 cm³/mol. The van der Waals surface area contributed by atoms with Gasteiger partial charge in [0.05, 0.1) is 23.6 Å². The number of carbonyl (C=O) groups is 1. The summed E-state index contributed by atoms with van der Waals surface area (Å²) in [5.41, 5.74) is 7.56. The van der Waals surface area contributed by atoms with Crippen molar-refractivity contribution in [2.45, 2.75) is 46.6 Å². The van der Waals surface area contributed by atoms with Crippen LogP contribution in [0, 0.1) is 20.8 Å². The Morgan fingerprint density at radius 2 is 1.80 bits per heavy atom. The zero-order valence-corrected chi connectivity index (χ0v) is 17.8. The Labute approximate surface area is 177 Å². The molecule has 0 saturated heterocycles. The molecule has 1 amide bonds. The van der Waals surface area contributed by atoms with Gasteiger partial charge in [-0.15, -0.1) is 0 Å². The Balaban J connectivity index is 1.37. The Morgan fingerprint density at radius 3 is 2.63 bits per heavy atom. The molecule has 30 heavy (non-hydrogen) atoms. The summed E-state index contributed by atoms with van der Waals surface area (Å²) in [6.07, 6.45) is 4.22. The molecule has 2 aromatic carbocycles. The summed E-state index contributed by atoms with van der Waals surface area (Å²) in [7, 11) is 0. The predicted octanol–water partition coefficient (Wildman–Crippen LogP) is 5.30. The molecule has 4 rings (SSSR count). The molecule has 0 unspecified atom stereocenters. The highest BCUT2D eigenvalue weighted by molar-refractivity contribution is 5.92. The molecule has 5 nitrogen and oxygen atoms in total. The van der Waals surface area contributed by atoms with Crippen molar-refractivity contribution in [2.24, 2.45) is 0 Å². The second kappa shape index (κ2) is 8.57. The molecule has 0 aliphatic carbocycles. The van der Waals surface area contributed by atoms with E-state index in [1.165, 1.54) is 22.1 Å². The van der Waals surface area contributed by atoms with Crippen molar-refractivity contribution in [1.29, 1.82) is 0 Å². The highest BCUT2D eigenvalue weighted by Crippen LogP contribution is 2.23. The minimum Gasteiger partial charge on any atom is -0.361 e. The summed E-state index contributed by atoms with van der Waals surface area (Å²) in [5, 5.41) is 8.98. The summed E-state index contributed by atoms with van der Waals surface area (Å²) >= 11 is 0. The second-order valence-electron chi connectivity index (χ2n) is 7.89. The molecule has 2 heterocycles. The first-order valence-electron chi connectivity index (χ1n) is 10.5. The van der Waals surface area contributed by atoms with Crippen LogP contribution in [-0.2, 0) is 17.8 Å². The lowest BCUT2D eigenvalue weighted by Gasteiger charge is -2.09. The summed E-state index contributed by atoms with van der Waals surface area (Å²) in [4.78, 5) is 15.9. The molecule has 2 aromatic heterocycles. The van der Waals surface area contributed by atoms with Gasteiger partial charge in [-0.3, -0.25) is 9.48 Å². The first-order valence-corrected chi connectivity index (χ1v) is 10.5. The molecule has 0 spiro atoms. The average molecular weight is 401 g/mol. The van der Waals surface area contributed by atoms with E-state index in [1.807, 2.05) is 49.0 Å². The number of hydrogen-bond donors (Lipinski definition) is 2. The van der Waals surface area contributed by atoms with E-state index in [0.29, 0.717) is 13.0 Å². The molecule has 5 heteroatoms. The van der Waals surface area contributed by atoms with Crippen LogP contribution in [0.2, 0.25) is 0 Å². The van der Waals surface area contributed by atoms with Gasteiger partial charge in [-0.05, 0) is 56.4 Å². The number of para-hydroxylation sites is 1. The molecule has 2 N–H and O–H groups in total. The molecular formula is C25H28N4O. The maximum absolute atomic E-state index is 12.6. The minimum atomic E-state index is 0.0384. The van der Waals surface area contributed by atoms with Crippen LogP contribution in [0.15, 0.2) is 54.7 Å². The van der Waals surface area contributed by atoms with E-state index >= 15 is 0 Å². The van der Waals surface area contributed by atoms with E-state index in [0.717, 1.165) is 35.4 Å². The van der Waals surface area contributed by atoms with Crippen LogP contribution in [0.4, 0.5) is 5.69 Å². The molecule has 0 aliphatic heterocycles. The van der Waals surface area contributed by atoms with E-state index in [9.17, 15) is 4.79 Å². The van der Waals surface area contributed by atoms with Crippen LogP contribution in [0.1, 0.15) is 40.9 Å². The minimum absolute atomic E-state index is 0.0384. The summed E-state index contributed by atoms with van der Waals surface area (Å²) in [5.74, 6) is 0.0384. The van der Waals surface area contributed by atoms with Crippen molar-refractivity contribution in [2.75, 3.05) is 5.32 Å². The number of amides is 1. The fraction of sp³-hybridized carbons (Fsp3) is 0.280. The molecular weight excluding hydrogens is 372 g/mol. The third-order valence-corrected chi connectivity index (χ3v) is 5.75. The molecule has 0 aliphatic rings. The smallest absolute Gasteiger partial charge is 0.224 e. The highest BCUT2D eigenvalue weighted by atomic mass is 16.1. The van der Waals surface area contributed by atoms with Crippen molar-refractivity contribution >= 4 is 22.5 Å². The first kappa shape index (κ1) is 20.0. The zero-order chi connectivity index (χ0) is 21.1. The lowest BCUT2D eigenvalue weighted by molar-refractivity contribution is -0.116. The monoisotopic (exact) mass is 400 g/mol. The van der Waals surface area contributed by atoms with E-state index in [2.05, 4.69) is 46.6 Å². The third kappa shape index (κ3) is 4.15. The SMILES string of the molecule is Cc1ccccc1Cn1nc(C)c(NC(=O)CCCc2c[nH]c3ccccc23)c1C. The number of benzene rings is 2. The van der Waals surface area contributed by atoms with Crippen molar-refractivity contribution in [3.63, 3.8) is 0 Å². The number of carbonyl (C=O) groups excluding carboxylic acids is 1. The van der Waals surface area contributed by atoms with Gasteiger partial charge < -0.3 is 10.3 Å². The van der Waals surface area contributed by atoms with E-state index in [1.54, 1.807) is 0 Å². The van der Waals surface area contributed by atoms with Gasteiger partial charge in [0, 0.05) is 23.5 Å². The number of anilines is 1. The van der Waals surface area contributed by atoms with E-state index in [-0.39, 0.29) is 5.91 Å². The number of rotatable bonds is 7. The Bertz CT molecular complexity index is 1190. The van der Waals surface area contributed by atoms with Crippen molar-refractivity contribution in [3.05, 3.63) is 82.8 Å². The summed E-state index contributed by atoms with van der Waals surface area (Å²) in [6.45, 7) is 6.77. The number of nitrogens with one attached hydrogen (secondary N) is 2. The second-order valence-corrected chi connectivity index (χ2v) is 7.89. The van der Waals surface area contributed by atoms with Crippen LogP contribution in [0.3, 0.4) is 0 Å². The lowest BCUT2D eigenvalue weighted by atomic mass is 10.1. The largest absolute Gasteiger partial charge is 0.361 e. The van der Waals surface area contributed by atoms with Gasteiger partial charge in [-0.1, -0.05) is 42.5 Å². The van der Waals surface area contributed by atoms with Gasteiger partial charge >= 0.3 is 0 Å². The molecule has 154 valence electrons. The molecule has 0 radical (unpaired) electrons. The van der Waals surface area contributed by atoms with Crippen LogP contribution in [0.25, 0.3) is 10.9 Å². The molecule has 0 saturated carbocycles. The fourth-order valence-electron chi connectivity index (χ4n) is 3.96. The average Bonchev–Trinajstić information content (AvgIpc) is 3.26. The fourth-order valence-corrected chi connectivity index (χ4v) is 3.96. The standard InChI is InChI=1S/C25H28N4O/c1-17-9-4-5-10-21(17)16-29-19(3)25(18(2)28-29)27-24(30)14-8-11-20-15-26-23-13-7-6-12-22(20)23/h4-7,9-10,12-13,15,26H,8,11,14,16H2,1-3H3,(H,27,30). The van der Waals surface area contributed by atoms with Crippen LogP contribution < -0.4 is 5.32 Å². The summed E-state index contributed by atoms with van der Waals surface area (Å²) < 4.78 is 1.97. The number of fused-ring (bicyclic) bond motifs is 1. The topological polar surface area (TPSA) is 62.7 Å². The maximum atomic E-state index is 12.6. The molecule has 0 fully saturated rings. The summed E-state index contributed by atoms with van der Waals surface area (Å²) in [6, 6.07) is 16.6. The quantitative estimate of drug-likeness (QED) is 0.442. The third-order valence-electron chi connectivity index (χ3n) is 5.75. The van der Waals surface area contributed by atoms with Crippen LogP contribution in [-0.4, -0.2) is 20.7 Å². The number of aromatic amines is 1. The zero-order valence-electron chi connectivity index (χ0n) is 17.8. The molecule has 0 atom stereocenters. The van der Waals surface area contributed by atoms with Crippen molar-refractivity contribution < 1.29 is 4.79 Å². The Hall–Kier alpha value is -3.34. The number of H-pyrrole nitrogens is 1. The van der Waals surface area contributed by atoms with Gasteiger partial charge in [-0.25, -0.2) is 0 Å². The molecule has 4 aromatic rings. The van der Waals surface area contributed by atoms with Gasteiger partial charge in [0.15, 0.2) is 0 Å². The number of aromatic nitrogens is 3. The van der Waals surface area contributed by atoms with Gasteiger partial charge in [0.25, 0.3) is 0 Å². The first-order chi connectivity index (χ1) is 14.5. The Kier molecular flexibility index (Phi) is 5.70. The van der Waals surface area contributed by atoms with Crippen LogP contribution in [0.5, 0.6) is 0 Å².